The summed E-state index contributed by atoms with van der Waals surface area (Å²) in [6.45, 7) is 5.09. The minimum absolute atomic E-state index is 0.150. The summed E-state index contributed by atoms with van der Waals surface area (Å²) in [6.07, 6.45) is -2.68. The monoisotopic (exact) mass is 349 g/mol. The fraction of sp³-hybridized carbons (Fsp3) is 0.800. The van der Waals surface area contributed by atoms with Crippen molar-refractivity contribution >= 4 is 17.9 Å². The van der Waals surface area contributed by atoms with E-state index < -0.39 is 36.7 Å². The van der Waals surface area contributed by atoms with Gasteiger partial charge in [-0.05, 0) is 18.8 Å². The van der Waals surface area contributed by atoms with E-state index in [9.17, 15) is 23.2 Å². The van der Waals surface area contributed by atoms with Gasteiger partial charge in [-0.2, -0.15) is 0 Å². The molecule has 0 bridgehead atoms. The summed E-state index contributed by atoms with van der Waals surface area (Å²) < 4.78 is 24.8. The highest BCUT2D eigenvalue weighted by Crippen LogP contribution is 2.17. The van der Waals surface area contributed by atoms with E-state index in [1.165, 1.54) is 4.90 Å². The van der Waals surface area contributed by atoms with Crippen molar-refractivity contribution in [3.8, 4) is 0 Å². The number of hydrogen-bond acceptors (Lipinski definition) is 3. The Bertz CT molecular complexity index is 460. The number of carboxylic acid groups (broad SMARTS) is 1. The molecule has 0 saturated carbocycles. The van der Waals surface area contributed by atoms with Crippen LogP contribution >= 0.6 is 0 Å². The molecule has 0 radical (unpaired) electrons. The highest BCUT2D eigenvalue weighted by molar-refractivity contribution is 5.85. The van der Waals surface area contributed by atoms with Crippen LogP contribution in [0.15, 0.2) is 0 Å². The second kappa shape index (κ2) is 9.39. The van der Waals surface area contributed by atoms with Gasteiger partial charge in [0.2, 0.25) is 12.3 Å². The Hall–Kier alpha value is -1.93. The van der Waals surface area contributed by atoms with Gasteiger partial charge in [0.15, 0.2) is 0 Å². The SMILES string of the molecule is CC(C)CNC(=O)N1CCCC(C(=O)NC(CC(F)F)C(=O)O)C1. The van der Waals surface area contributed by atoms with Crippen LogP contribution in [0.3, 0.4) is 0 Å². The first-order valence-corrected chi connectivity index (χ1v) is 8.04. The van der Waals surface area contributed by atoms with Crippen LogP contribution in [-0.2, 0) is 9.59 Å². The molecule has 138 valence electrons. The molecule has 0 spiro atoms. The van der Waals surface area contributed by atoms with Crippen molar-refractivity contribution < 1.29 is 28.3 Å². The Kier molecular flexibility index (Phi) is 7.87. The number of aliphatic carboxylic acids is 1. The average Bonchev–Trinajstić information content (AvgIpc) is 2.51. The van der Waals surface area contributed by atoms with Gasteiger partial charge in [-0.1, -0.05) is 13.8 Å². The van der Waals surface area contributed by atoms with Gasteiger partial charge >= 0.3 is 12.0 Å². The molecule has 0 aromatic heterocycles. The second-order valence-corrected chi connectivity index (χ2v) is 6.39. The fourth-order valence-corrected chi connectivity index (χ4v) is 2.47. The Morgan fingerprint density at radius 3 is 2.50 bits per heavy atom. The van der Waals surface area contributed by atoms with Gasteiger partial charge in [-0.3, -0.25) is 4.79 Å². The van der Waals surface area contributed by atoms with Crippen LogP contribution in [0.5, 0.6) is 0 Å². The zero-order valence-corrected chi connectivity index (χ0v) is 13.9. The quantitative estimate of drug-likeness (QED) is 0.645. The fourth-order valence-electron chi connectivity index (χ4n) is 2.47. The van der Waals surface area contributed by atoms with E-state index >= 15 is 0 Å². The predicted molar refractivity (Wildman–Crippen MR) is 82.7 cm³/mol. The number of rotatable bonds is 7. The summed E-state index contributed by atoms with van der Waals surface area (Å²) in [4.78, 5) is 36.6. The number of urea groups is 1. The summed E-state index contributed by atoms with van der Waals surface area (Å²) in [5.41, 5.74) is 0. The van der Waals surface area contributed by atoms with Crippen LogP contribution in [-0.4, -0.2) is 60.0 Å². The third kappa shape index (κ3) is 6.67. The van der Waals surface area contributed by atoms with Gasteiger partial charge in [0.1, 0.15) is 6.04 Å². The number of carbonyl (C=O) groups excluding carboxylic acids is 2. The number of nitrogens with zero attached hydrogens (tertiary/aromatic N) is 1. The van der Waals surface area contributed by atoms with E-state index in [1.807, 2.05) is 13.8 Å². The first-order chi connectivity index (χ1) is 11.2. The van der Waals surface area contributed by atoms with E-state index in [0.29, 0.717) is 31.8 Å². The summed E-state index contributed by atoms with van der Waals surface area (Å²) in [5, 5.41) is 13.8. The molecule has 1 saturated heterocycles. The van der Waals surface area contributed by atoms with Gasteiger partial charge in [0, 0.05) is 26.1 Å². The Morgan fingerprint density at radius 2 is 1.96 bits per heavy atom. The molecule has 0 aromatic carbocycles. The maximum atomic E-state index is 12.4. The summed E-state index contributed by atoms with van der Waals surface area (Å²) in [7, 11) is 0. The summed E-state index contributed by atoms with van der Waals surface area (Å²) in [5.74, 6) is -2.40. The Morgan fingerprint density at radius 1 is 1.29 bits per heavy atom. The van der Waals surface area contributed by atoms with Crippen molar-refractivity contribution in [3.05, 3.63) is 0 Å². The molecule has 2 atom stereocenters. The lowest BCUT2D eigenvalue weighted by Gasteiger charge is -2.32. The van der Waals surface area contributed by atoms with Crippen molar-refractivity contribution in [2.45, 2.75) is 45.6 Å². The van der Waals surface area contributed by atoms with Gasteiger partial charge in [0.25, 0.3) is 0 Å². The molecule has 1 heterocycles. The van der Waals surface area contributed by atoms with Gasteiger partial charge in [-0.25, -0.2) is 18.4 Å². The van der Waals surface area contributed by atoms with Crippen LogP contribution in [0.2, 0.25) is 0 Å². The van der Waals surface area contributed by atoms with Crippen LogP contribution in [0.25, 0.3) is 0 Å². The number of halogens is 2. The molecule has 1 aliphatic rings. The molecule has 1 rings (SSSR count). The molecule has 9 heteroatoms. The minimum atomic E-state index is -2.82. The third-order valence-corrected chi connectivity index (χ3v) is 3.77. The number of piperidine rings is 1. The topological polar surface area (TPSA) is 98.7 Å². The van der Waals surface area contributed by atoms with Crippen molar-refractivity contribution in [2.75, 3.05) is 19.6 Å². The summed E-state index contributed by atoms with van der Waals surface area (Å²) in [6, 6.07) is -1.90. The molecule has 7 nitrogen and oxygen atoms in total. The van der Waals surface area contributed by atoms with Crippen LogP contribution in [0.1, 0.15) is 33.1 Å². The standard InChI is InChI=1S/C15H25F2N3O4/c1-9(2)7-18-15(24)20-5-3-4-10(8-20)13(21)19-11(14(22)23)6-12(16)17/h9-12H,3-8H2,1-2H3,(H,18,24)(H,19,21)(H,22,23). The van der Waals surface area contributed by atoms with Crippen molar-refractivity contribution in [3.63, 3.8) is 0 Å². The molecular weight excluding hydrogens is 324 g/mol. The van der Waals surface area contributed by atoms with Crippen molar-refractivity contribution in [1.29, 1.82) is 0 Å². The number of amides is 3. The van der Waals surface area contributed by atoms with Crippen LogP contribution in [0.4, 0.5) is 13.6 Å². The normalized spacial score (nSPS) is 19.2. The molecule has 0 aliphatic carbocycles. The lowest BCUT2D eigenvalue weighted by atomic mass is 9.97. The molecular formula is C15H25F2N3O4. The summed E-state index contributed by atoms with van der Waals surface area (Å²) >= 11 is 0. The Labute approximate surface area is 139 Å². The average molecular weight is 349 g/mol. The number of likely N-dealkylation sites (tertiary alicyclic amines) is 1. The minimum Gasteiger partial charge on any atom is -0.480 e. The smallest absolute Gasteiger partial charge is 0.326 e. The highest BCUT2D eigenvalue weighted by Gasteiger charge is 2.31. The molecule has 2 unspecified atom stereocenters. The molecule has 24 heavy (non-hydrogen) atoms. The number of hydrogen-bond donors (Lipinski definition) is 3. The van der Waals surface area contributed by atoms with Crippen molar-refractivity contribution in [2.24, 2.45) is 11.8 Å². The van der Waals surface area contributed by atoms with Gasteiger partial charge < -0.3 is 20.6 Å². The number of alkyl halides is 2. The first-order valence-electron chi connectivity index (χ1n) is 8.04. The molecule has 3 N–H and O–H groups in total. The van der Waals surface area contributed by atoms with Gasteiger partial charge in [-0.15, -0.1) is 0 Å². The maximum absolute atomic E-state index is 12.4. The number of carboxylic acids is 1. The lowest BCUT2D eigenvalue weighted by Crippen LogP contribution is -2.51. The van der Waals surface area contributed by atoms with E-state index in [-0.39, 0.29) is 12.6 Å². The molecule has 1 fully saturated rings. The van der Waals surface area contributed by atoms with Gasteiger partial charge in [0.05, 0.1) is 5.92 Å². The van der Waals surface area contributed by atoms with E-state index in [1.54, 1.807) is 0 Å². The third-order valence-electron chi connectivity index (χ3n) is 3.77. The second-order valence-electron chi connectivity index (χ2n) is 6.39. The predicted octanol–water partition coefficient (Wildman–Crippen LogP) is 1.29. The zero-order valence-electron chi connectivity index (χ0n) is 13.9. The van der Waals surface area contributed by atoms with E-state index in [4.69, 9.17) is 5.11 Å². The maximum Gasteiger partial charge on any atom is 0.326 e. The van der Waals surface area contributed by atoms with E-state index in [0.717, 1.165) is 0 Å². The molecule has 1 aliphatic heterocycles. The Balaban J connectivity index is 2.57. The lowest BCUT2D eigenvalue weighted by molar-refractivity contribution is -0.144. The van der Waals surface area contributed by atoms with Crippen LogP contribution in [0, 0.1) is 11.8 Å². The van der Waals surface area contributed by atoms with E-state index in [2.05, 4.69) is 10.6 Å². The van der Waals surface area contributed by atoms with Crippen molar-refractivity contribution in [1.82, 2.24) is 15.5 Å². The number of carbonyl (C=O) groups is 3. The first kappa shape index (κ1) is 20.1. The largest absolute Gasteiger partial charge is 0.480 e. The zero-order chi connectivity index (χ0) is 18.3. The number of nitrogens with one attached hydrogen (secondary N) is 2. The highest BCUT2D eigenvalue weighted by atomic mass is 19.3. The molecule has 0 aromatic rings. The van der Waals surface area contributed by atoms with Crippen LogP contribution < -0.4 is 10.6 Å². The molecule has 3 amide bonds.